The summed E-state index contributed by atoms with van der Waals surface area (Å²) in [7, 11) is 4.17. The monoisotopic (exact) mass is 345 g/mol. The van der Waals surface area contributed by atoms with Gasteiger partial charge in [0.2, 0.25) is 0 Å². The van der Waals surface area contributed by atoms with Gasteiger partial charge in [-0.25, -0.2) is 4.39 Å². The van der Waals surface area contributed by atoms with Crippen LogP contribution in [0.15, 0.2) is 24.3 Å². The maximum atomic E-state index is 14.2. The van der Waals surface area contributed by atoms with E-state index >= 15 is 0 Å². The molecular formula is C21H28FNO2. The first-order chi connectivity index (χ1) is 11.8. The minimum atomic E-state index is -0.355. The number of hydrogen-bond donors (Lipinski definition) is 0. The van der Waals surface area contributed by atoms with Crippen molar-refractivity contribution in [3.8, 4) is 5.75 Å². The van der Waals surface area contributed by atoms with Gasteiger partial charge in [-0.15, -0.1) is 0 Å². The average molecular weight is 345 g/mol. The molecule has 1 fully saturated rings. The van der Waals surface area contributed by atoms with Crippen molar-refractivity contribution in [2.24, 2.45) is 23.7 Å². The predicted molar refractivity (Wildman–Crippen MR) is 97.7 cm³/mol. The zero-order chi connectivity index (χ0) is 18.1. The van der Waals surface area contributed by atoms with E-state index in [1.54, 1.807) is 19.9 Å². The van der Waals surface area contributed by atoms with Gasteiger partial charge in [0.25, 0.3) is 0 Å². The van der Waals surface area contributed by atoms with Crippen molar-refractivity contribution in [1.29, 1.82) is 0 Å². The zero-order valence-corrected chi connectivity index (χ0v) is 15.6. The highest BCUT2D eigenvalue weighted by Gasteiger charge is 2.37. The van der Waals surface area contributed by atoms with E-state index in [0.717, 1.165) is 12.1 Å². The molecule has 0 aliphatic heterocycles. The molecule has 3 nitrogen and oxygen atoms in total. The lowest BCUT2D eigenvalue weighted by Crippen LogP contribution is -2.29. The third-order valence-corrected chi connectivity index (χ3v) is 5.35. The maximum absolute atomic E-state index is 14.2. The first-order valence-electron chi connectivity index (χ1n) is 9.22. The third kappa shape index (κ3) is 4.12. The van der Waals surface area contributed by atoms with Crippen LogP contribution in [0.25, 0.3) is 5.57 Å². The fraction of sp³-hybridized carbons (Fsp3) is 0.571. The number of hydrogen-bond acceptors (Lipinski definition) is 3. The molecule has 0 aromatic heterocycles. The number of nitrogens with zero attached hydrogens (tertiary/aromatic N) is 1. The zero-order valence-electron chi connectivity index (χ0n) is 15.6. The molecule has 0 unspecified atom stereocenters. The quantitative estimate of drug-likeness (QED) is 0.586. The Bertz CT molecular complexity index is 680. The van der Waals surface area contributed by atoms with Crippen LogP contribution in [0.3, 0.4) is 0 Å². The predicted octanol–water partition coefficient (Wildman–Crippen LogP) is 4.38. The van der Waals surface area contributed by atoms with Gasteiger partial charge in [0.1, 0.15) is 11.6 Å². The van der Waals surface area contributed by atoms with Crippen LogP contribution in [0.5, 0.6) is 5.75 Å². The van der Waals surface area contributed by atoms with Crippen LogP contribution >= 0.6 is 0 Å². The van der Waals surface area contributed by atoms with Crippen LogP contribution in [0, 0.1) is 29.5 Å². The number of halogens is 1. The summed E-state index contributed by atoms with van der Waals surface area (Å²) < 4.78 is 19.6. The highest BCUT2D eigenvalue weighted by Crippen LogP contribution is 2.48. The van der Waals surface area contributed by atoms with Crippen LogP contribution in [-0.4, -0.2) is 31.5 Å². The molecule has 0 spiro atoms. The molecule has 2 bridgehead atoms. The fourth-order valence-electron chi connectivity index (χ4n) is 4.17. The first kappa shape index (κ1) is 18.1. The lowest BCUT2D eigenvalue weighted by atomic mass is 9.76. The maximum Gasteiger partial charge on any atom is 0.313 e. The summed E-state index contributed by atoms with van der Waals surface area (Å²) in [5.74, 6) is 1.05. The van der Waals surface area contributed by atoms with E-state index in [2.05, 4.69) is 25.1 Å². The lowest BCUT2D eigenvalue weighted by molar-refractivity contribution is -0.137. The average Bonchev–Trinajstić information content (AvgIpc) is 2.91. The van der Waals surface area contributed by atoms with Gasteiger partial charge in [-0.2, -0.15) is 0 Å². The van der Waals surface area contributed by atoms with E-state index in [1.807, 2.05) is 6.07 Å². The molecule has 1 aromatic carbocycles. The van der Waals surface area contributed by atoms with Gasteiger partial charge >= 0.3 is 5.97 Å². The number of rotatable bonds is 5. The topological polar surface area (TPSA) is 29.5 Å². The van der Waals surface area contributed by atoms with Crippen LogP contribution in [0.1, 0.15) is 38.7 Å². The number of carbonyl (C=O) groups excluding carboxylic acids is 1. The van der Waals surface area contributed by atoms with Crippen molar-refractivity contribution in [2.45, 2.75) is 33.1 Å². The van der Waals surface area contributed by atoms with E-state index in [0.29, 0.717) is 23.5 Å². The molecule has 25 heavy (non-hydrogen) atoms. The molecule has 0 heterocycles. The van der Waals surface area contributed by atoms with Crippen molar-refractivity contribution in [3.63, 3.8) is 0 Å². The van der Waals surface area contributed by atoms with Gasteiger partial charge in [-0.05, 0) is 74.4 Å². The van der Waals surface area contributed by atoms with Crippen molar-refractivity contribution in [1.82, 2.24) is 4.90 Å². The summed E-state index contributed by atoms with van der Waals surface area (Å²) in [6, 6.07) is 4.69. The highest BCUT2D eigenvalue weighted by molar-refractivity contribution is 5.76. The number of allylic oxidation sites excluding steroid dienone is 1. The molecule has 3 atom stereocenters. The van der Waals surface area contributed by atoms with Crippen molar-refractivity contribution in [3.05, 3.63) is 35.7 Å². The molecule has 0 N–H and O–H groups in total. The van der Waals surface area contributed by atoms with E-state index in [1.165, 1.54) is 30.9 Å². The Labute approximate surface area is 149 Å². The van der Waals surface area contributed by atoms with E-state index in [9.17, 15) is 9.18 Å². The number of carbonyl (C=O) groups is 1. The lowest BCUT2D eigenvalue weighted by Gasteiger charge is -2.33. The molecule has 4 heteroatoms. The summed E-state index contributed by atoms with van der Waals surface area (Å²) in [6.07, 6.45) is 6.04. The van der Waals surface area contributed by atoms with Gasteiger partial charge in [0, 0.05) is 12.6 Å². The molecule has 2 aliphatic carbocycles. The molecule has 1 saturated carbocycles. The molecule has 3 rings (SSSR count). The second kappa shape index (κ2) is 7.28. The molecule has 2 aliphatic rings. The van der Waals surface area contributed by atoms with E-state index in [-0.39, 0.29) is 17.7 Å². The van der Waals surface area contributed by atoms with Crippen molar-refractivity contribution >= 4 is 11.5 Å². The van der Waals surface area contributed by atoms with Gasteiger partial charge in [0.15, 0.2) is 0 Å². The molecule has 136 valence electrons. The second-order valence-corrected chi connectivity index (χ2v) is 8.08. The molecule has 0 amide bonds. The Kier molecular flexibility index (Phi) is 5.28. The molecule has 0 radical (unpaired) electrons. The summed E-state index contributed by atoms with van der Waals surface area (Å²) in [5, 5.41) is 0. The van der Waals surface area contributed by atoms with Crippen molar-refractivity contribution < 1.29 is 13.9 Å². The largest absolute Gasteiger partial charge is 0.426 e. The van der Waals surface area contributed by atoms with E-state index < -0.39 is 0 Å². The van der Waals surface area contributed by atoms with Gasteiger partial charge in [-0.3, -0.25) is 4.79 Å². The molecule has 1 aromatic rings. The van der Waals surface area contributed by atoms with Crippen LogP contribution in [0.2, 0.25) is 0 Å². The summed E-state index contributed by atoms with van der Waals surface area (Å²) >= 11 is 0. The third-order valence-electron chi connectivity index (χ3n) is 5.35. The molecule has 0 saturated heterocycles. The minimum absolute atomic E-state index is 0.238. The number of ether oxygens (including phenoxy) is 1. The Morgan fingerprint density at radius 2 is 2.04 bits per heavy atom. The van der Waals surface area contributed by atoms with Crippen LogP contribution in [0.4, 0.5) is 4.39 Å². The summed E-state index contributed by atoms with van der Waals surface area (Å²) in [5.41, 5.74) is 2.07. The number of esters is 1. The minimum Gasteiger partial charge on any atom is -0.426 e. The summed E-state index contributed by atoms with van der Waals surface area (Å²) in [4.78, 5) is 14.1. The van der Waals surface area contributed by atoms with Crippen LogP contribution in [-0.2, 0) is 4.79 Å². The number of fused-ring (bicyclic) bond motifs is 2. The highest BCUT2D eigenvalue weighted by atomic mass is 19.1. The van der Waals surface area contributed by atoms with Gasteiger partial charge in [-0.1, -0.05) is 19.9 Å². The standard InChI is InChI=1S/C21H28FNO2/c1-13(2)21(24)25-18-10-16(9-17(22)11-18)19-8-14-5-6-15(7-14)20(19)12-23(3)4/h8-11,13-15,20H,5-7,12H2,1-4H3/t14-,15+,20-/m0/s1. The smallest absolute Gasteiger partial charge is 0.313 e. The Morgan fingerprint density at radius 3 is 2.72 bits per heavy atom. The van der Waals surface area contributed by atoms with Crippen molar-refractivity contribution in [2.75, 3.05) is 20.6 Å². The molecular weight excluding hydrogens is 317 g/mol. The Balaban J connectivity index is 1.93. The number of benzene rings is 1. The van der Waals surface area contributed by atoms with Gasteiger partial charge < -0.3 is 9.64 Å². The van der Waals surface area contributed by atoms with Crippen LogP contribution < -0.4 is 4.74 Å². The SMILES string of the molecule is CC(C)C(=O)Oc1cc(F)cc(C2=C[C@H]3CC[C@H](C3)[C@@H]2CN(C)C)c1. The Morgan fingerprint density at radius 1 is 1.28 bits per heavy atom. The fourth-order valence-corrected chi connectivity index (χ4v) is 4.17. The normalized spacial score (nSPS) is 25.4. The summed E-state index contributed by atoms with van der Waals surface area (Å²) in [6.45, 7) is 4.51. The Hall–Kier alpha value is -1.68. The second-order valence-electron chi connectivity index (χ2n) is 8.08. The van der Waals surface area contributed by atoms with E-state index in [4.69, 9.17) is 4.74 Å². The first-order valence-corrected chi connectivity index (χ1v) is 9.22. The van der Waals surface area contributed by atoms with Gasteiger partial charge in [0.05, 0.1) is 5.92 Å².